The summed E-state index contributed by atoms with van der Waals surface area (Å²) in [6.07, 6.45) is 5.68. The minimum absolute atomic E-state index is 0.171. The van der Waals surface area contributed by atoms with Crippen LogP contribution in [0.5, 0.6) is 0 Å². The van der Waals surface area contributed by atoms with Crippen LogP contribution in [0.2, 0.25) is 0 Å². The standard InChI is InChI=1S/C17H15NS3.C13H13NS3.C11H16S4.C7H6OS3.C7H6OSSe2.C7H6S2Se2/c1-10-16-17(11(2)20-10)21-14(9-19-16)13-7-3-5-12-6-4-8-18-15(12)13;1-8-12-13(9(2)16-8)17-11(7-15-12)10-3-5-14-6-4-10;1-4-12-5-9-6-13-10-7(2)14-8(3)11(10)15-9;3*1-3-5-6(4(2)9-3)11-7(8)10-5/h3-8,14H,9H2,1-2H3;3-6,11H,7H2,1-2H3;9H,4-6H2,1-3H3;3*1-2H3. The van der Waals surface area contributed by atoms with E-state index in [1.165, 1.54) is 160 Å². The Bertz CT molecular complexity index is 4180. The summed E-state index contributed by atoms with van der Waals surface area (Å²) in [5.74, 6) is 6.14. The number of hydrogen-bond acceptors (Lipinski definition) is 20. The Morgan fingerprint density at radius 3 is 1.47 bits per heavy atom. The molecule has 86 heavy (non-hydrogen) atoms. The van der Waals surface area contributed by atoms with E-state index in [1.807, 2.05) is 128 Å². The predicted octanol–water partition coefficient (Wildman–Crippen LogP) is 21.6. The maximum atomic E-state index is 11.1. The maximum Gasteiger partial charge on any atom is 0.288 e. The van der Waals surface area contributed by atoms with Gasteiger partial charge < -0.3 is 0 Å². The fourth-order valence-electron chi connectivity index (χ4n) is 9.70. The fraction of sp³-hybridized carbons (Fsp3) is 0.339. The van der Waals surface area contributed by atoms with Gasteiger partial charge in [0.05, 0.1) is 14.9 Å². The number of benzene rings is 1. The van der Waals surface area contributed by atoms with E-state index in [2.05, 4.69) is 172 Å². The minimum Gasteiger partial charge on any atom is -0.265 e. The molecule has 3 aliphatic heterocycles. The Kier molecular flexibility index (Phi) is 25.5. The molecule has 452 valence electrons. The van der Waals surface area contributed by atoms with Gasteiger partial charge in [0.1, 0.15) is 0 Å². The zero-order valence-electron chi connectivity index (χ0n) is 49.4. The Hall–Kier alpha value is 0.378. The molecule has 0 N–H and O–H groups in total. The van der Waals surface area contributed by atoms with Gasteiger partial charge in [0.15, 0.2) is 0 Å². The number of hydrogen-bond donors (Lipinski definition) is 0. The summed E-state index contributed by atoms with van der Waals surface area (Å²) < 4.78 is 10.5. The molecule has 0 amide bonds. The summed E-state index contributed by atoms with van der Waals surface area (Å²) in [6, 6.07) is 15.0. The number of rotatable bonds is 5. The first-order valence-corrected chi connectivity index (χ1v) is 47.8. The predicted molar refractivity (Wildman–Crippen MR) is 410 cm³/mol. The molecule has 24 heteroatoms. The van der Waals surface area contributed by atoms with Gasteiger partial charge >= 0.3 is 167 Å². The molecular weight excluding hydrogens is 1630 g/mol. The molecule has 3 atom stereocenters. The van der Waals surface area contributed by atoms with Gasteiger partial charge in [0.2, 0.25) is 0 Å². The van der Waals surface area contributed by atoms with Crippen molar-refractivity contribution in [2.75, 3.05) is 28.8 Å². The molecule has 12 aromatic rings. The number of para-hydroxylation sites is 1. The van der Waals surface area contributed by atoms with Crippen LogP contribution in [0.15, 0.2) is 100 Å². The Balaban J connectivity index is 0.000000117. The molecule has 0 aliphatic carbocycles. The summed E-state index contributed by atoms with van der Waals surface area (Å²) in [7, 11) is 0. The first-order valence-electron chi connectivity index (χ1n) is 27.2. The maximum absolute atomic E-state index is 11.1. The second-order valence-electron chi connectivity index (χ2n) is 19.8. The van der Waals surface area contributed by atoms with Crippen LogP contribution >= 0.6 is 185 Å². The quantitative estimate of drug-likeness (QED) is 0.122. The van der Waals surface area contributed by atoms with Gasteiger partial charge in [-0.2, -0.15) is 11.8 Å². The van der Waals surface area contributed by atoms with Gasteiger partial charge in [-0.1, -0.05) is 53.9 Å². The molecule has 1 aromatic carbocycles. The second-order valence-corrected chi connectivity index (χ2v) is 51.4. The Morgan fingerprint density at radius 1 is 0.488 bits per heavy atom. The Morgan fingerprint density at radius 2 is 0.930 bits per heavy atom. The van der Waals surface area contributed by atoms with Gasteiger partial charge in [-0.15, -0.1) is 116 Å². The number of fused-ring (bicyclic) bond motifs is 7. The summed E-state index contributed by atoms with van der Waals surface area (Å²) in [4.78, 5) is 57.2. The smallest absolute Gasteiger partial charge is 0.265 e. The second kappa shape index (κ2) is 31.7. The van der Waals surface area contributed by atoms with E-state index in [-0.39, 0.29) is 33.1 Å². The van der Waals surface area contributed by atoms with E-state index >= 15 is 0 Å². The molecule has 0 fully saturated rings. The molecule has 15 rings (SSSR count). The van der Waals surface area contributed by atoms with Crippen molar-refractivity contribution in [2.24, 2.45) is 0 Å². The first kappa shape index (κ1) is 69.2. The fourth-order valence-corrected chi connectivity index (χ4v) is 43.6. The van der Waals surface area contributed by atoms with Crippen molar-refractivity contribution in [1.82, 2.24) is 9.97 Å². The molecule has 4 nitrogen and oxygen atoms in total. The van der Waals surface area contributed by atoms with E-state index in [0.29, 0.717) is 42.7 Å². The summed E-state index contributed by atoms with van der Waals surface area (Å²) in [6.45, 7) is 28.6. The molecular formula is C62H62N2O2S16Se4. The van der Waals surface area contributed by atoms with Gasteiger partial charge in [-0.3, -0.25) is 14.8 Å². The normalized spacial score (nSPS) is 15.9. The molecule has 3 unspecified atom stereocenters. The number of thiophene rings is 6. The zero-order valence-corrected chi connectivity index (χ0v) is 69.3. The largest absolute Gasteiger partial charge is 0.288 e. The van der Waals surface area contributed by atoms with Crippen LogP contribution in [0.25, 0.3) is 37.3 Å². The van der Waals surface area contributed by atoms with Crippen LogP contribution in [0, 0.1) is 85.3 Å². The van der Waals surface area contributed by atoms with Gasteiger partial charge in [0, 0.05) is 131 Å². The topological polar surface area (TPSA) is 59.9 Å². The van der Waals surface area contributed by atoms with Crippen molar-refractivity contribution < 1.29 is 0 Å². The summed E-state index contributed by atoms with van der Waals surface area (Å²) in [5.41, 5.74) is 3.93. The molecule has 0 saturated carbocycles. The monoisotopic (exact) mass is 1700 g/mol. The van der Waals surface area contributed by atoms with Crippen molar-refractivity contribution >= 4 is 281 Å². The van der Waals surface area contributed by atoms with Crippen LogP contribution in [0.1, 0.15) is 87.1 Å². The SMILES string of the molecule is CCSCC1CSc2c(C)sc(C)c2S1.Cc1sc(C)c2[se]c(=O)[se]c12.Cc1sc(C)c2[se]c(=S)[se]c12.Cc1sc(C)c2c1SCC(c1cccc3cccnc13)S2.Cc1sc(C)c2c1SCC(c1ccncc1)S2.Cc1sc(C)c2sc(=O)sc12. The van der Waals surface area contributed by atoms with Crippen molar-refractivity contribution in [3.63, 3.8) is 0 Å². The van der Waals surface area contributed by atoms with Crippen LogP contribution in [-0.4, -0.2) is 102 Å². The van der Waals surface area contributed by atoms with E-state index < -0.39 is 0 Å². The van der Waals surface area contributed by atoms with Gasteiger partial charge in [0.25, 0.3) is 4.06 Å². The van der Waals surface area contributed by atoms with Crippen LogP contribution < -0.4 is 7.23 Å². The van der Waals surface area contributed by atoms with Gasteiger partial charge in [-0.05, 0) is 90.5 Å². The van der Waals surface area contributed by atoms with E-state index in [9.17, 15) is 9.59 Å². The number of pyridine rings is 2. The third-order valence-electron chi connectivity index (χ3n) is 13.6. The first-order chi connectivity index (χ1) is 41.3. The molecule has 0 bridgehead atoms. The number of aromatic nitrogens is 2. The molecule has 0 saturated heterocycles. The summed E-state index contributed by atoms with van der Waals surface area (Å²) >= 11 is 35.1. The van der Waals surface area contributed by atoms with E-state index in [4.69, 9.17) is 12.2 Å². The van der Waals surface area contributed by atoms with Crippen LogP contribution in [0.4, 0.5) is 0 Å². The van der Waals surface area contributed by atoms with E-state index in [1.54, 1.807) is 29.6 Å². The van der Waals surface area contributed by atoms with Crippen molar-refractivity contribution in [3.8, 4) is 0 Å². The molecule has 11 aromatic heterocycles. The third-order valence-corrected chi connectivity index (χ3v) is 48.1. The molecule has 0 spiro atoms. The molecule has 0 radical (unpaired) electrons. The van der Waals surface area contributed by atoms with Crippen molar-refractivity contribution in [3.05, 3.63) is 150 Å². The molecule has 3 aliphatic rings. The average Bonchev–Trinajstić information content (AvgIpc) is 3.16. The Labute approximate surface area is 595 Å². The average molecular weight is 1700 g/mol. The number of thioether (sulfide) groups is 7. The number of aryl methyl sites for hydroxylation is 12. The van der Waals surface area contributed by atoms with E-state index in [0.717, 1.165) is 16.5 Å². The van der Waals surface area contributed by atoms with Gasteiger partial charge in [-0.25, -0.2) is 0 Å². The minimum atomic E-state index is 0.171. The summed E-state index contributed by atoms with van der Waals surface area (Å²) in [5, 5.41) is 3.13. The number of nitrogens with zero attached hydrogens (tertiary/aromatic N) is 2. The van der Waals surface area contributed by atoms with Crippen molar-refractivity contribution in [1.29, 1.82) is 0 Å². The molecule has 14 heterocycles. The van der Waals surface area contributed by atoms with Crippen molar-refractivity contribution in [2.45, 2.75) is 135 Å². The van der Waals surface area contributed by atoms with Crippen LogP contribution in [0.3, 0.4) is 0 Å². The van der Waals surface area contributed by atoms with Crippen LogP contribution in [-0.2, 0) is 0 Å². The third kappa shape index (κ3) is 16.5. The zero-order chi connectivity index (χ0) is 61.1.